The third-order valence-electron chi connectivity index (χ3n) is 5.91. The Hall–Kier alpha value is -2.15. The summed E-state index contributed by atoms with van der Waals surface area (Å²) in [6, 6.07) is 2.93. The predicted octanol–water partition coefficient (Wildman–Crippen LogP) is 4.60. The molecule has 3 rings (SSSR count). The summed E-state index contributed by atoms with van der Waals surface area (Å²) in [5, 5.41) is 3.04. The van der Waals surface area contributed by atoms with E-state index in [0.29, 0.717) is 36.4 Å². The summed E-state index contributed by atoms with van der Waals surface area (Å²) >= 11 is 0. The van der Waals surface area contributed by atoms with Crippen LogP contribution in [0.3, 0.4) is 0 Å². The smallest absolute Gasteiger partial charge is 0.277 e. The molecular weight excluding hydrogens is 390 g/mol. The average molecular weight is 421 g/mol. The Bertz CT molecular complexity index is 847. The molecule has 0 aromatic carbocycles. The van der Waals surface area contributed by atoms with E-state index in [4.69, 9.17) is 4.74 Å². The average Bonchev–Trinajstić information content (AvgIpc) is 3.55. The van der Waals surface area contributed by atoms with E-state index >= 15 is 0 Å². The lowest BCUT2D eigenvalue weighted by Crippen LogP contribution is -2.33. The maximum Gasteiger partial charge on any atom is 0.277 e. The molecule has 1 aromatic rings. The Morgan fingerprint density at radius 3 is 2.60 bits per heavy atom. The summed E-state index contributed by atoms with van der Waals surface area (Å²) in [6.45, 7) is 6.28. The standard InChI is InChI=1S/C23H30F2N2O3/c1-4-5-10-30-13-18-14(2)22(29)16(11-20(18)28)12-26-21-9-8-19(15(3)27-21)23(24,25)17-6-7-17/h8-9,16-17H,4-7,10-13H2,1-3H3,(H,26,27). The van der Waals surface area contributed by atoms with Gasteiger partial charge in [0.25, 0.3) is 5.92 Å². The fraction of sp³-hybridized carbons (Fsp3) is 0.609. The summed E-state index contributed by atoms with van der Waals surface area (Å²) in [5.41, 5.74) is 1.17. The van der Waals surface area contributed by atoms with Crippen molar-refractivity contribution in [1.29, 1.82) is 0 Å². The van der Waals surface area contributed by atoms with Gasteiger partial charge in [0.15, 0.2) is 11.6 Å². The Labute approximate surface area is 176 Å². The molecule has 0 bridgehead atoms. The number of rotatable bonds is 10. The summed E-state index contributed by atoms with van der Waals surface area (Å²) in [4.78, 5) is 29.4. The van der Waals surface area contributed by atoms with Gasteiger partial charge in [-0.05, 0) is 45.2 Å². The highest BCUT2D eigenvalue weighted by Crippen LogP contribution is 2.50. The van der Waals surface area contributed by atoms with Crippen molar-refractivity contribution in [2.45, 2.75) is 58.8 Å². The molecule has 1 heterocycles. The predicted molar refractivity (Wildman–Crippen MR) is 111 cm³/mol. The number of ether oxygens (including phenoxy) is 1. The highest BCUT2D eigenvalue weighted by atomic mass is 19.3. The van der Waals surface area contributed by atoms with Crippen LogP contribution in [0.25, 0.3) is 0 Å². The van der Waals surface area contributed by atoms with E-state index in [9.17, 15) is 18.4 Å². The summed E-state index contributed by atoms with van der Waals surface area (Å²) in [6.07, 6.45) is 3.13. The number of carbonyl (C=O) groups is 2. The van der Waals surface area contributed by atoms with Crippen molar-refractivity contribution in [1.82, 2.24) is 4.98 Å². The van der Waals surface area contributed by atoms with Crippen LogP contribution in [0.1, 0.15) is 57.2 Å². The van der Waals surface area contributed by atoms with Crippen LogP contribution in [0.4, 0.5) is 14.6 Å². The summed E-state index contributed by atoms with van der Waals surface area (Å²) in [5.74, 6) is -3.65. The molecule has 0 radical (unpaired) electrons. The number of hydrogen-bond donors (Lipinski definition) is 1. The first-order chi connectivity index (χ1) is 14.3. The number of anilines is 1. The first-order valence-electron chi connectivity index (χ1n) is 10.7. The SMILES string of the molecule is CCCCOCC1=C(C)C(=O)C(CNc2ccc(C(F)(F)C3CC3)c(C)n2)CC1=O. The topological polar surface area (TPSA) is 68.3 Å². The highest BCUT2D eigenvalue weighted by molar-refractivity contribution is 6.12. The van der Waals surface area contributed by atoms with Gasteiger partial charge >= 0.3 is 0 Å². The molecule has 5 nitrogen and oxygen atoms in total. The molecule has 0 saturated heterocycles. The number of pyridine rings is 1. The maximum absolute atomic E-state index is 14.4. The first kappa shape index (κ1) is 22.5. The van der Waals surface area contributed by atoms with Crippen molar-refractivity contribution in [2.24, 2.45) is 11.8 Å². The van der Waals surface area contributed by atoms with Crippen molar-refractivity contribution >= 4 is 17.4 Å². The summed E-state index contributed by atoms with van der Waals surface area (Å²) < 4.78 is 34.2. The molecule has 2 aliphatic carbocycles. The molecular formula is C23H30F2N2O3. The van der Waals surface area contributed by atoms with Gasteiger partial charge in [0.2, 0.25) is 0 Å². The molecule has 7 heteroatoms. The molecule has 164 valence electrons. The second kappa shape index (κ2) is 9.33. The number of allylic oxidation sites excluding steroid dienone is 1. The minimum absolute atomic E-state index is 0.0361. The second-order valence-corrected chi connectivity index (χ2v) is 8.31. The molecule has 0 spiro atoms. The first-order valence-corrected chi connectivity index (χ1v) is 10.7. The van der Waals surface area contributed by atoms with Crippen LogP contribution in [0, 0.1) is 18.8 Å². The Morgan fingerprint density at radius 2 is 1.97 bits per heavy atom. The Morgan fingerprint density at radius 1 is 1.23 bits per heavy atom. The van der Waals surface area contributed by atoms with E-state index in [-0.39, 0.29) is 42.4 Å². The monoisotopic (exact) mass is 420 g/mol. The number of aromatic nitrogens is 1. The molecule has 1 N–H and O–H groups in total. The third-order valence-corrected chi connectivity index (χ3v) is 5.91. The van der Waals surface area contributed by atoms with E-state index in [2.05, 4.69) is 17.2 Å². The lowest BCUT2D eigenvalue weighted by Gasteiger charge is -2.24. The Balaban J connectivity index is 1.61. The highest BCUT2D eigenvalue weighted by Gasteiger charge is 2.49. The van der Waals surface area contributed by atoms with Crippen molar-refractivity contribution in [3.8, 4) is 0 Å². The molecule has 30 heavy (non-hydrogen) atoms. The zero-order chi connectivity index (χ0) is 21.9. The van der Waals surface area contributed by atoms with Crippen molar-refractivity contribution in [3.05, 3.63) is 34.5 Å². The van der Waals surface area contributed by atoms with Gasteiger partial charge in [0.05, 0.1) is 6.61 Å². The Kier molecular flexibility index (Phi) is 7.01. The molecule has 1 fully saturated rings. The van der Waals surface area contributed by atoms with Gasteiger partial charge in [-0.15, -0.1) is 0 Å². The van der Waals surface area contributed by atoms with Crippen molar-refractivity contribution in [2.75, 3.05) is 25.1 Å². The van der Waals surface area contributed by atoms with Crippen LogP contribution in [0.5, 0.6) is 0 Å². The molecule has 2 aliphatic rings. The van der Waals surface area contributed by atoms with E-state index in [0.717, 1.165) is 12.8 Å². The van der Waals surface area contributed by atoms with E-state index < -0.39 is 17.8 Å². The minimum atomic E-state index is -2.85. The van der Waals surface area contributed by atoms with Crippen LogP contribution in [0.15, 0.2) is 23.3 Å². The van der Waals surface area contributed by atoms with Crippen LogP contribution >= 0.6 is 0 Å². The molecule has 1 saturated carbocycles. The maximum atomic E-state index is 14.4. The molecule has 1 unspecified atom stereocenters. The van der Waals surface area contributed by atoms with E-state index in [1.54, 1.807) is 13.8 Å². The molecule has 0 amide bonds. The number of ketones is 2. The van der Waals surface area contributed by atoms with Gasteiger partial charge < -0.3 is 10.1 Å². The fourth-order valence-corrected chi connectivity index (χ4v) is 3.78. The van der Waals surface area contributed by atoms with Crippen LogP contribution in [-0.4, -0.2) is 36.3 Å². The van der Waals surface area contributed by atoms with E-state index in [1.807, 2.05) is 0 Å². The van der Waals surface area contributed by atoms with Gasteiger partial charge in [-0.2, -0.15) is 0 Å². The number of Topliss-reactive ketones (excluding diaryl/α,β-unsaturated/α-hetero) is 2. The minimum Gasteiger partial charge on any atom is -0.377 e. The molecule has 1 aromatic heterocycles. The number of carbonyl (C=O) groups excluding carboxylic acids is 2. The second-order valence-electron chi connectivity index (χ2n) is 8.31. The normalized spacial score (nSPS) is 20.1. The number of aryl methyl sites for hydroxylation is 1. The quantitative estimate of drug-likeness (QED) is 0.561. The largest absolute Gasteiger partial charge is 0.377 e. The number of hydrogen-bond acceptors (Lipinski definition) is 5. The van der Waals surface area contributed by atoms with Gasteiger partial charge in [-0.3, -0.25) is 9.59 Å². The van der Waals surface area contributed by atoms with E-state index in [1.165, 1.54) is 12.1 Å². The number of unbranched alkanes of at least 4 members (excludes halogenated alkanes) is 1. The van der Waals surface area contributed by atoms with Gasteiger partial charge in [0.1, 0.15) is 5.82 Å². The number of nitrogens with zero attached hydrogens (tertiary/aromatic N) is 1. The molecule has 1 atom stereocenters. The van der Waals surface area contributed by atoms with Gasteiger partial charge in [-0.25, -0.2) is 13.8 Å². The number of nitrogens with one attached hydrogen (secondary N) is 1. The zero-order valence-electron chi connectivity index (χ0n) is 17.9. The van der Waals surface area contributed by atoms with Crippen molar-refractivity contribution in [3.63, 3.8) is 0 Å². The fourth-order valence-electron chi connectivity index (χ4n) is 3.78. The van der Waals surface area contributed by atoms with Crippen LogP contribution < -0.4 is 5.32 Å². The lowest BCUT2D eigenvalue weighted by molar-refractivity contribution is -0.126. The summed E-state index contributed by atoms with van der Waals surface area (Å²) in [7, 11) is 0. The lowest BCUT2D eigenvalue weighted by atomic mass is 9.82. The van der Waals surface area contributed by atoms with Gasteiger partial charge in [-0.1, -0.05) is 13.3 Å². The third kappa shape index (κ3) is 4.94. The van der Waals surface area contributed by atoms with Crippen LogP contribution in [0.2, 0.25) is 0 Å². The van der Waals surface area contributed by atoms with Crippen LogP contribution in [-0.2, 0) is 20.2 Å². The zero-order valence-corrected chi connectivity index (χ0v) is 17.9. The molecule has 0 aliphatic heterocycles. The number of halogens is 2. The van der Waals surface area contributed by atoms with Crippen molar-refractivity contribution < 1.29 is 23.1 Å². The van der Waals surface area contributed by atoms with Gasteiger partial charge in [0, 0.05) is 53.8 Å². The number of alkyl halides is 2.